The van der Waals surface area contributed by atoms with E-state index in [0.29, 0.717) is 24.5 Å². The fourth-order valence-electron chi connectivity index (χ4n) is 5.08. The van der Waals surface area contributed by atoms with Crippen molar-refractivity contribution >= 4 is 34.8 Å². The van der Waals surface area contributed by atoms with E-state index in [1.807, 2.05) is 48.2 Å². The van der Waals surface area contributed by atoms with Gasteiger partial charge in [0.2, 0.25) is 11.8 Å². The summed E-state index contributed by atoms with van der Waals surface area (Å²) in [5.41, 5.74) is 2.30. The smallest absolute Gasteiger partial charge is 0.235 e. The highest BCUT2D eigenvalue weighted by atomic mass is 35.5. The second-order valence-corrected chi connectivity index (χ2v) is 9.33. The number of nitrogens with one attached hydrogen (secondary N) is 1. The van der Waals surface area contributed by atoms with Crippen molar-refractivity contribution < 1.29 is 9.59 Å². The summed E-state index contributed by atoms with van der Waals surface area (Å²) in [5, 5.41) is 3.84. The number of hydrogen-bond donors (Lipinski definition) is 1. The molecule has 2 aromatic rings. The van der Waals surface area contributed by atoms with Gasteiger partial charge in [-0.2, -0.15) is 0 Å². The molecule has 0 radical (unpaired) electrons. The van der Waals surface area contributed by atoms with Gasteiger partial charge in [-0.3, -0.25) is 9.59 Å². The molecule has 1 saturated carbocycles. The fraction of sp³-hybridized carbons (Fsp3) is 0.462. The minimum absolute atomic E-state index is 0.0430. The van der Waals surface area contributed by atoms with Crippen molar-refractivity contribution in [3.8, 4) is 0 Å². The molecule has 2 amide bonds. The van der Waals surface area contributed by atoms with Crippen LogP contribution in [0.15, 0.2) is 48.5 Å². The predicted octanol–water partition coefficient (Wildman–Crippen LogP) is 5.24. The second-order valence-electron chi connectivity index (χ2n) is 8.89. The van der Waals surface area contributed by atoms with Gasteiger partial charge in [-0.25, -0.2) is 0 Å². The third kappa shape index (κ3) is 4.63. The van der Waals surface area contributed by atoms with Gasteiger partial charge in [0.25, 0.3) is 0 Å². The number of amides is 2. The van der Waals surface area contributed by atoms with Gasteiger partial charge in [0, 0.05) is 37.6 Å². The Morgan fingerprint density at radius 1 is 1.00 bits per heavy atom. The van der Waals surface area contributed by atoms with Crippen molar-refractivity contribution in [1.82, 2.24) is 4.90 Å². The molecule has 170 valence electrons. The summed E-state index contributed by atoms with van der Waals surface area (Å²) in [6.45, 7) is 4.91. The number of piperazine rings is 1. The quantitative estimate of drug-likeness (QED) is 0.650. The lowest BCUT2D eigenvalue weighted by Gasteiger charge is -2.37. The average molecular weight is 454 g/mol. The van der Waals surface area contributed by atoms with E-state index >= 15 is 0 Å². The predicted molar refractivity (Wildman–Crippen MR) is 130 cm³/mol. The number of hydrogen-bond acceptors (Lipinski definition) is 3. The van der Waals surface area contributed by atoms with Gasteiger partial charge in [-0.05, 0) is 43.0 Å². The maximum atomic E-state index is 13.7. The molecule has 0 unspecified atom stereocenters. The number of benzene rings is 2. The first-order chi connectivity index (χ1) is 15.5. The Kier molecular flexibility index (Phi) is 7.04. The summed E-state index contributed by atoms with van der Waals surface area (Å²) in [6, 6.07) is 15.8. The van der Waals surface area contributed by atoms with E-state index in [1.165, 1.54) is 0 Å². The summed E-state index contributed by atoms with van der Waals surface area (Å²) in [7, 11) is 0. The zero-order chi connectivity index (χ0) is 22.6. The highest BCUT2D eigenvalue weighted by Crippen LogP contribution is 2.43. The first-order valence-corrected chi connectivity index (χ1v) is 12.1. The highest BCUT2D eigenvalue weighted by molar-refractivity contribution is 6.31. The molecule has 1 aliphatic carbocycles. The summed E-state index contributed by atoms with van der Waals surface area (Å²) in [6.07, 6.45) is 5.30. The standard InChI is InChI=1S/C26H32ClN3O2/c1-2-8-24(31)30-17-15-29(16-18-30)23-12-11-21(27)19-22(23)28-25(32)26(13-6-7-14-26)20-9-4-3-5-10-20/h3-5,9-12,19H,2,6-8,13-18H2,1H3,(H,28,32). The molecular weight excluding hydrogens is 422 g/mol. The van der Waals surface area contributed by atoms with Gasteiger partial charge in [0.1, 0.15) is 0 Å². The number of anilines is 2. The van der Waals surface area contributed by atoms with Crippen molar-refractivity contribution in [3.05, 3.63) is 59.1 Å². The fourth-order valence-corrected chi connectivity index (χ4v) is 5.25. The van der Waals surface area contributed by atoms with Crippen LogP contribution in [0.4, 0.5) is 11.4 Å². The van der Waals surface area contributed by atoms with Gasteiger partial charge < -0.3 is 15.1 Å². The number of halogens is 1. The SMILES string of the molecule is CCCC(=O)N1CCN(c2ccc(Cl)cc2NC(=O)C2(c3ccccc3)CCCC2)CC1. The van der Waals surface area contributed by atoms with Crippen LogP contribution in [-0.4, -0.2) is 42.9 Å². The summed E-state index contributed by atoms with van der Waals surface area (Å²) in [5.74, 6) is 0.268. The highest BCUT2D eigenvalue weighted by Gasteiger charge is 2.42. The molecular formula is C26H32ClN3O2. The average Bonchev–Trinajstić information content (AvgIpc) is 3.32. The van der Waals surface area contributed by atoms with E-state index in [2.05, 4.69) is 22.3 Å². The van der Waals surface area contributed by atoms with Crippen LogP contribution in [0.2, 0.25) is 5.02 Å². The number of nitrogens with zero attached hydrogens (tertiary/aromatic N) is 2. The number of carbonyl (C=O) groups excluding carboxylic acids is 2. The first-order valence-electron chi connectivity index (χ1n) is 11.7. The molecule has 1 N–H and O–H groups in total. The zero-order valence-corrected chi connectivity index (χ0v) is 19.5. The van der Waals surface area contributed by atoms with Crippen LogP contribution in [0.3, 0.4) is 0 Å². The van der Waals surface area contributed by atoms with Gasteiger partial charge in [0.15, 0.2) is 0 Å². The Morgan fingerprint density at radius 2 is 1.69 bits per heavy atom. The molecule has 4 rings (SSSR count). The van der Waals surface area contributed by atoms with Crippen molar-refractivity contribution in [3.63, 3.8) is 0 Å². The van der Waals surface area contributed by atoms with Gasteiger partial charge in [-0.15, -0.1) is 0 Å². The first kappa shape index (κ1) is 22.7. The molecule has 2 fully saturated rings. The zero-order valence-electron chi connectivity index (χ0n) is 18.8. The Morgan fingerprint density at radius 3 is 2.34 bits per heavy atom. The maximum Gasteiger partial charge on any atom is 0.235 e. The third-order valence-electron chi connectivity index (χ3n) is 6.86. The Bertz CT molecular complexity index is 949. The van der Waals surface area contributed by atoms with Gasteiger partial charge >= 0.3 is 0 Å². The monoisotopic (exact) mass is 453 g/mol. The van der Waals surface area contributed by atoms with Crippen LogP contribution in [-0.2, 0) is 15.0 Å². The van der Waals surface area contributed by atoms with Crippen LogP contribution in [0.25, 0.3) is 0 Å². The number of rotatable bonds is 6. The van der Waals surface area contributed by atoms with Crippen LogP contribution in [0.1, 0.15) is 51.0 Å². The van der Waals surface area contributed by atoms with E-state index < -0.39 is 5.41 Å². The minimum Gasteiger partial charge on any atom is -0.366 e. The van der Waals surface area contributed by atoms with Crippen molar-refractivity contribution in [2.24, 2.45) is 0 Å². The lowest BCUT2D eigenvalue weighted by atomic mass is 9.78. The molecule has 32 heavy (non-hydrogen) atoms. The Hall–Kier alpha value is -2.53. The van der Waals surface area contributed by atoms with Crippen LogP contribution in [0.5, 0.6) is 0 Å². The Labute approximate surface area is 195 Å². The second kappa shape index (κ2) is 9.95. The molecule has 0 spiro atoms. The van der Waals surface area contributed by atoms with Gasteiger partial charge in [-0.1, -0.05) is 61.7 Å². The summed E-state index contributed by atoms with van der Waals surface area (Å²) >= 11 is 6.33. The normalized spacial score (nSPS) is 17.9. The lowest BCUT2D eigenvalue weighted by molar-refractivity contribution is -0.131. The molecule has 2 aliphatic rings. The van der Waals surface area contributed by atoms with E-state index in [4.69, 9.17) is 11.6 Å². The van der Waals surface area contributed by atoms with Crippen molar-refractivity contribution in [2.75, 3.05) is 36.4 Å². The number of carbonyl (C=O) groups is 2. The summed E-state index contributed by atoms with van der Waals surface area (Å²) < 4.78 is 0. The molecule has 1 heterocycles. The molecule has 0 aromatic heterocycles. The van der Waals surface area contributed by atoms with Crippen LogP contribution < -0.4 is 10.2 Å². The Balaban J connectivity index is 1.54. The maximum absolute atomic E-state index is 13.7. The van der Waals surface area contributed by atoms with E-state index in [9.17, 15) is 9.59 Å². The van der Waals surface area contributed by atoms with Crippen LogP contribution in [0, 0.1) is 0 Å². The van der Waals surface area contributed by atoms with Crippen molar-refractivity contribution in [2.45, 2.75) is 50.9 Å². The minimum atomic E-state index is -0.494. The molecule has 6 heteroatoms. The van der Waals surface area contributed by atoms with Crippen molar-refractivity contribution in [1.29, 1.82) is 0 Å². The van der Waals surface area contributed by atoms with Crippen LogP contribution >= 0.6 is 11.6 Å². The molecule has 0 atom stereocenters. The third-order valence-corrected chi connectivity index (χ3v) is 7.10. The lowest BCUT2D eigenvalue weighted by Crippen LogP contribution is -2.49. The van der Waals surface area contributed by atoms with E-state index in [-0.39, 0.29) is 11.8 Å². The molecule has 1 aliphatic heterocycles. The topological polar surface area (TPSA) is 52.7 Å². The van der Waals surface area contributed by atoms with Gasteiger partial charge in [0.05, 0.1) is 16.8 Å². The molecule has 5 nitrogen and oxygen atoms in total. The largest absolute Gasteiger partial charge is 0.366 e. The van der Waals surface area contributed by atoms with E-state index in [0.717, 1.165) is 62.1 Å². The molecule has 0 bridgehead atoms. The molecule has 2 aromatic carbocycles. The van der Waals surface area contributed by atoms with E-state index in [1.54, 1.807) is 0 Å². The summed E-state index contributed by atoms with van der Waals surface area (Å²) in [4.78, 5) is 30.1. The molecule has 1 saturated heterocycles.